The van der Waals surface area contributed by atoms with Gasteiger partial charge < -0.3 is 11.1 Å². The normalized spacial score (nSPS) is 12.8. The Labute approximate surface area is 153 Å². The van der Waals surface area contributed by atoms with Crippen molar-refractivity contribution in [2.45, 2.75) is 31.7 Å². The van der Waals surface area contributed by atoms with Gasteiger partial charge in [0, 0.05) is 18.2 Å². The van der Waals surface area contributed by atoms with Crippen LogP contribution in [0.1, 0.15) is 42.9 Å². The highest BCUT2D eigenvalue weighted by Gasteiger charge is 2.21. The Morgan fingerprint density at radius 1 is 1.16 bits per heavy atom. The third-order valence-corrected chi connectivity index (χ3v) is 3.95. The number of carbonyl (C=O) groups is 1. The summed E-state index contributed by atoms with van der Waals surface area (Å²) in [6.07, 6.45) is 1.58. The fourth-order valence-corrected chi connectivity index (χ4v) is 2.67. The molecule has 2 rings (SSSR count). The third kappa shape index (κ3) is 5.80. The van der Waals surface area contributed by atoms with E-state index in [0.29, 0.717) is 0 Å². The van der Waals surface area contributed by atoms with E-state index >= 15 is 0 Å². The van der Waals surface area contributed by atoms with Gasteiger partial charge in [-0.2, -0.15) is 0 Å². The van der Waals surface area contributed by atoms with E-state index in [4.69, 9.17) is 5.73 Å². The van der Waals surface area contributed by atoms with E-state index in [1.807, 2.05) is 37.3 Å². The van der Waals surface area contributed by atoms with Gasteiger partial charge in [0.15, 0.2) is 0 Å². The molecule has 2 aromatic carbocycles. The minimum absolute atomic E-state index is 0. The largest absolute Gasteiger partial charge is 0.354 e. The lowest BCUT2D eigenvalue weighted by molar-refractivity contribution is -0.122. The first-order valence-electron chi connectivity index (χ1n) is 8.06. The highest BCUT2D eigenvalue weighted by Crippen LogP contribution is 2.22. The summed E-state index contributed by atoms with van der Waals surface area (Å²) in [6, 6.07) is 12.0. The van der Waals surface area contributed by atoms with Crippen LogP contribution in [0.15, 0.2) is 48.5 Å². The number of rotatable bonds is 7. The first kappa shape index (κ1) is 21.1. The molecule has 6 heteroatoms. The monoisotopic (exact) mass is 368 g/mol. The molecule has 0 saturated carbocycles. The number of amides is 1. The molecule has 3 N–H and O–H groups in total. The van der Waals surface area contributed by atoms with Gasteiger partial charge in [-0.15, -0.1) is 12.4 Å². The lowest BCUT2D eigenvalue weighted by Gasteiger charge is -2.19. The van der Waals surface area contributed by atoms with Crippen molar-refractivity contribution >= 4 is 18.3 Å². The SMILES string of the molecule is CCCC(C(=O)NCC(N)c1ccc(F)cc1F)c1ccccc1.Cl. The fourth-order valence-electron chi connectivity index (χ4n) is 2.67. The number of hydrogen-bond donors (Lipinski definition) is 2. The van der Waals surface area contributed by atoms with Crippen LogP contribution in [0, 0.1) is 11.6 Å². The molecule has 0 aromatic heterocycles. The highest BCUT2D eigenvalue weighted by molar-refractivity contribution is 5.85. The third-order valence-electron chi connectivity index (χ3n) is 3.95. The van der Waals surface area contributed by atoms with Crippen LogP contribution in [0.3, 0.4) is 0 Å². The summed E-state index contributed by atoms with van der Waals surface area (Å²) >= 11 is 0. The summed E-state index contributed by atoms with van der Waals surface area (Å²) in [7, 11) is 0. The van der Waals surface area contributed by atoms with Gasteiger partial charge in [0.1, 0.15) is 11.6 Å². The molecule has 2 unspecified atom stereocenters. The summed E-state index contributed by atoms with van der Waals surface area (Å²) in [5.74, 6) is -1.76. The molecule has 0 bridgehead atoms. The molecule has 0 spiro atoms. The van der Waals surface area contributed by atoms with E-state index in [-0.39, 0.29) is 36.3 Å². The van der Waals surface area contributed by atoms with Crippen molar-refractivity contribution in [2.24, 2.45) is 5.73 Å². The number of halogens is 3. The molecular formula is C19H23ClF2N2O. The zero-order valence-corrected chi connectivity index (χ0v) is 14.9. The summed E-state index contributed by atoms with van der Waals surface area (Å²) in [5, 5.41) is 2.78. The molecule has 0 heterocycles. The van der Waals surface area contributed by atoms with E-state index in [2.05, 4.69) is 5.32 Å². The van der Waals surface area contributed by atoms with E-state index in [1.165, 1.54) is 6.07 Å². The zero-order valence-electron chi connectivity index (χ0n) is 14.0. The smallest absolute Gasteiger partial charge is 0.227 e. The van der Waals surface area contributed by atoms with E-state index < -0.39 is 17.7 Å². The molecule has 136 valence electrons. The Balaban J connectivity index is 0.00000312. The van der Waals surface area contributed by atoms with E-state index in [1.54, 1.807) is 0 Å². The van der Waals surface area contributed by atoms with Crippen molar-refractivity contribution in [3.05, 3.63) is 71.3 Å². The van der Waals surface area contributed by atoms with Gasteiger partial charge in [0.05, 0.1) is 12.0 Å². The predicted octanol–water partition coefficient (Wildman–Crippen LogP) is 4.09. The summed E-state index contributed by atoms with van der Waals surface area (Å²) in [5.41, 5.74) is 7.06. The van der Waals surface area contributed by atoms with E-state index in [9.17, 15) is 13.6 Å². The maximum absolute atomic E-state index is 13.7. The number of nitrogens with two attached hydrogens (primary N) is 1. The highest BCUT2D eigenvalue weighted by atomic mass is 35.5. The van der Waals surface area contributed by atoms with Gasteiger partial charge in [-0.05, 0) is 18.1 Å². The Hall–Kier alpha value is -1.98. The first-order chi connectivity index (χ1) is 11.5. The van der Waals surface area contributed by atoms with Crippen LogP contribution in [0.25, 0.3) is 0 Å². The van der Waals surface area contributed by atoms with Crippen molar-refractivity contribution in [1.29, 1.82) is 0 Å². The molecule has 25 heavy (non-hydrogen) atoms. The van der Waals surface area contributed by atoms with Crippen LogP contribution in [-0.2, 0) is 4.79 Å². The zero-order chi connectivity index (χ0) is 17.5. The molecule has 3 nitrogen and oxygen atoms in total. The Kier molecular flexibility index (Phi) is 8.52. The van der Waals surface area contributed by atoms with Gasteiger partial charge >= 0.3 is 0 Å². The van der Waals surface area contributed by atoms with Gasteiger partial charge in [0.2, 0.25) is 5.91 Å². The maximum atomic E-state index is 13.7. The Bertz CT molecular complexity index is 682. The minimum atomic E-state index is -0.729. The van der Waals surface area contributed by atoms with Crippen molar-refractivity contribution in [3.63, 3.8) is 0 Å². The van der Waals surface area contributed by atoms with Crippen molar-refractivity contribution in [2.75, 3.05) is 6.54 Å². The second-order valence-electron chi connectivity index (χ2n) is 5.77. The second kappa shape index (κ2) is 10.1. The quantitative estimate of drug-likeness (QED) is 0.773. The topological polar surface area (TPSA) is 55.1 Å². The van der Waals surface area contributed by atoms with Crippen LogP contribution in [-0.4, -0.2) is 12.5 Å². The van der Waals surface area contributed by atoms with Crippen LogP contribution in [0.2, 0.25) is 0 Å². The molecule has 2 atom stereocenters. The number of nitrogens with one attached hydrogen (secondary N) is 1. The summed E-state index contributed by atoms with van der Waals surface area (Å²) in [4.78, 5) is 12.5. The second-order valence-corrected chi connectivity index (χ2v) is 5.77. The number of hydrogen-bond acceptors (Lipinski definition) is 2. The van der Waals surface area contributed by atoms with Gasteiger partial charge in [-0.3, -0.25) is 4.79 Å². The molecule has 0 radical (unpaired) electrons. The van der Waals surface area contributed by atoms with Crippen molar-refractivity contribution in [3.8, 4) is 0 Å². The molecule has 0 saturated heterocycles. The maximum Gasteiger partial charge on any atom is 0.227 e. The van der Waals surface area contributed by atoms with Gasteiger partial charge in [-0.25, -0.2) is 8.78 Å². The fraction of sp³-hybridized carbons (Fsp3) is 0.316. The van der Waals surface area contributed by atoms with Gasteiger partial charge in [0.25, 0.3) is 0 Å². The van der Waals surface area contributed by atoms with Crippen molar-refractivity contribution in [1.82, 2.24) is 5.32 Å². The van der Waals surface area contributed by atoms with Crippen LogP contribution < -0.4 is 11.1 Å². The van der Waals surface area contributed by atoms with Gasteiger partial charge in [-0.1, -0.05) is 49.7 Å². The molecular weight excluding hydrogens is 346 g/mol. The molecule has 0 aliphatic rings. The van der Waals surface area contributed by atoms with Crippen LogP contribution in [0.4, 0.5) is 8.78 Å². The molecule has 0 fully saturated rings. The predicted molar refractivity (Wildman–Crippen MR) is 97.6 cm³/mol. The summed E-state index contributed by atoms with van der Waals surface area (Å²) < 4.78 is 26.7. The Morgan fingerprint density at radius 3 is 2.44 bits per heavy atom. The molecule has 1 amide bonds. The van der Waals surface area contributed by atoms with Crippen molar-refractivity contribution < 1.29 is 13.6 Å². The lowest BCUT2D eigenvalue weighted by Crippen LogP contribution is -2.35. The first-order valence-corrected chi connectivity index (χ1v) is 8.06. The number of carbonyl (C=O) groups excluding carboxylic acids is 1. The van der Waals surface area contributed by atoms with Crippen LogP contribution >= 0.6 is 12.4 Å². The number of benzene rings is 2. The average Bonchev–Trinajstić information content (AvgIpc) is 2.58. The molecule has 2 aromatic rings. The summed E-state index contributed by atoms with van der Waals surface area (Å²) in [6.45, 7) is 2.11. The molecule has 0 aliphatic heterocycles. The minimum Gasteiger partial charge on any atom is -0.354 e. The lowest BCUT2D eigenvalue weighted by atomic mass is 9.93. The van der Waals surface area contributed by atoms with Crippen LogP contribution in [0.5, 0.6) is 0 Å². The standard InChI is InChI=1S/C19H22F2N2O.ClH/c1-2-6-15(13-7-4-3-5-8-13)19(24)23-12-18(22)16-10-9-14(20)11-17(16)21;/h3-5,7-11,15,18H,2,6,12,22H2,1H3,(H,23,24);1H. The van der Waals surface area contributed by atoms with E-state index in [0.717, 1.165) is 30.5 Å². The average molecular weight is 369 g/mol. The Morgan fingerprint density at radius 2 is 1.84 bits per heavy atom. The molecule has 0 aliphatic carbocycles.